The minimum atomic E-state index is -3.37. The van der Waals surface area contributed by atoms with Crippen LogP contribution in [0, 0.1) is 0 Å². The van der Waals surface area contributed by atoms with E-state index in [1.54, 1.807) is 18.5 Å². The van der Waals surface area contributed by atoms with Gasteiger partial charge in [-0.05, 0) is 31.7 Å². The van der Waals surface area contributed by atoms with E-state index in [4.69, 9.17) is 8.92 Å². The molecule has 1 saturated carbocycles. The van der Waals surface area contributed by atoms with Crippen molar-refractivity contribution in [3.63, 3.8) is 0 Å². The van der Waals surface area contributed by atoms with Crippen molar-refractivity contribution in [2.75, 3.05) is 6.26 Å². The van der Waals surface area contributed by atoms with Crippen LogP contribution in [0.4, 0.5) is 0 Å². The monoisotopic (exact) mass is 272 g/mol. The molecular formula is C11H16N2O4S. The normalized spacial score (nSPS) is 24.7. The van der Waals surface area contributed by atoms with Gasteiger partial charge in [-0.3, -0.25) is 4.18 Å². The summed E-state index contributed by atoms with van der Waals surface area (Å²) in [6.45, 7) is 0. The highest BCUT2D eigenvalue weighted by atomic mass is 32.2. The lowest BCUT2D eigenvalue weighted by Gasteiger charge is -2.27. The van der Waals surface area contributed by atoms with Gasteiger partial charge in [0.05, 0.1) is 12.4 Å². The molecule has 1 heterocycles. The molecule has 100 valence electrons. The average Bonchev–Trinajstić information content (AvgIpc) is 2.31. The number of aromatic nitrogens is 2. The topological polar surface area (TPSA) is 78.4 Å². The van der Waals surface area contributed by atoms with Crippen LogP contribution >= 0.6 is 0 Å². The molecule has 0 aromatic carbocycles. The van der Waals surface area contributed by atoms with Crippen LogP contribution in [0.15, 0.2) is 18.5 Å². The van der Waals surface area contributed by atoms with Crippen molar-refractivity contribution in [3.05, 3.63) is 18.5 Å². The third-order valence-electron chi connectivity index (χ3n) is 2.75. The van der Waals surface area contributed by atoms with E-state index in [9.17, 15) is 8.42 Å². The molecule has 0 atom stereocenters. The van der Waals surface area contributed by atoms with Gasteiger partial charge in [-0.25, -0.2) is 9.97 Å². The number of hydrogen-bond donors (Lipinski definition) is 0. The molecule has 0 saturated heterocycles. The van der Waals surface area contributed by atoms with Gasteiger partial charge < -0.3 is 4.74 Å². The van der Waals surface area contributed by atoms with Gasteiger partial charge in [0.2, 0.25) is 0 Å². The van der Waals surface area contributed by atoms with Crippen molar-refractivity contribution in [2.24, 2.45) is 0 Å². The third kappa shape index (κ3) is 4.23. The first-order valence-corrected chi connectivity index (χ1v) is 7.66. The molecular weight excluding hydrogens is 256 g/mol. The van der Waals surface area contributed by atoms with E-state index in [2.05, 4.69) is 9.97 Å². The first kappa shape index (κ1) is 13.2. The predicted octanol–water partition coefficient (Wildman–Crippen LogP) is 1.14. The second-order valence-electron chi connectivity index (χ2n) is 4.35. The molecule has 0 N–H and O–H groups in total. The van der Waals surface area contributed by atoms with Gasteiger partial charge >= 0.3 is 6.01 Å². The van der Waals surface area contributed by atoms with Crippen LogP contribution in [0.1, 0.15) is 25.7 Å². The molecule has 0 spiro atoms. The lowest BCUT2D eigenvalue weighted by molar-refractivity contribution is 0.0787. The Morgan fingerprint density at radius 3 is 2.22 bits per heavy atom. The molecule has 1 aliphatic carbocycles. The van der Waals surface area contributed by atoms with E-state index < -0.39 is 10.1 Å². The van der Waals surface area contributed by atoms with Crippen LogP contribution in [-0.4, -0.2) is 36.8 Å². The number of nitrogens with zero attached hydrogens (tertiary/aromatic N) is 2. The molecule has 1 aromatic heterocycles. The van der Waals surface area contributed by atoms with Crippen molar-refractivity contribution in [3.8, 4) is 6.01 Å². The maximum atomic E-state index is 11.0. The zero-order chi connectivity index (χ0) is 13.0. The van der Waals surface area contributed by atoms with Crippen molar-refractivity contribution in [1.82, 2.24) is 9.97 Å². The summed E-state index contributed by atoms with van der Waals surface area (Å²) >= 11 is 0. The Balaban J connectivity index is 1.80. The zero-order valence-electron chi connectivity index (χ0n) is 10.2. The van der Waals surface area contributed by atoms with Crippen LogP contribution in [0.3, 0.4) is 0 Å². The summed E-state index contributed by atoms with van der Waals surface area (Å²) in [5.41, 5.74) is 0. The first-order valence-electron chi connectivity index (χ1n) is 5.85. The maximum Gasteiger partial charge on any atom is 0.316 e. The van der Waals surface area contributed by atoms with Gasteiger partial charge in [0, 0.05) is 12.4 Å². The average molecular weight is 272 g/mol. The van der Waals surface area contributed by atoms with E-state index in [-0.39, 0.29) is 12.2 Å². The molecule has 0 aliphatic heterocycles. The summed E-state index contributed by atoms with van der Waals surface area (Å²) in [5, 5.41) is 0. The SMILES string of the molecule is CS(=O)(=O)OC1CCC(Oc2ncccn2)CC1. The number of ether oxygens (including phenoxy) is 1. The molecule has 18 heavy (non-hydrogen) atoms. The summed E-state index contributed by atoms with van der Waals surface area (Å²) in [4.78, 5) is 7.98. The van der Waals surface area contributed by atoms with Gasteiger partial charge in [-0.15, -0.1) is 0 Å². The van der Waals surface area contributed by atoms with E-state index >= 15 is 0 Å². The van der Waals surface area contributed by atoms with Crippen LogP contribution < -0.4 is 4.74 Å². The summed E-state index contributed by atoms with van der Waals surface area (Å²) in [6.07, 6.45) is 6.98. The van der Waals surface area contributed by atoms with Crippen LogP contribution in [0.5, 0.6) is 6.01 Å². The quantitative estimate of drug-likeness (QED) is 0.765. The van der Waals surface area contributed by atoms with Crippen LogP contribution in [0.2, 0.25) is 0 Å². The lowest BCUT2D eigenvalue weighted by atomic mass is 9.95. The Labute approximate surface area is 106 Å². The van der Waals surface area contributed by atoms with E-state index in [0.29, 0.717) is 18.9 Å². The fraction of sp³-hybridized carbons (Fsp3) is 0.636. The fourth-order valence-corrected chi connectivity index (χ4v) is 2.68. The van der Waals surface area contributed by atoms with E-state index in [1.165, 1.54) is 0 Å². The standard InChI is InChI=1S/C11H16N2O4S/c1-18(14,15)17-10-5-3-9(4-6-10)16-11-12-7-2-8-13-11/h2,7-10H,3-6H2,1H3. The maximum absolute atomic E-state index is 11.0. The fourth-order valence-electron chi connectivity index (χ4n) is 1.99. The largest absolute Gasteiger partial charge is 0.460 e. The Morgan fingerprint density at radius 2 is 1.67 bits per heavy atom. The number of hydrogen-bond acceptors (Lipinski definition) is 6. The van der Waals surface area contributed by atoms with Gasteiger partial charge in [0.25, 0.3) is 10.1 Å². The first-order chi connectivity index (χ1) is 8.53. The minimum Gasteiger partial charge on any atom is -0.460 e. The Hall–Kier alpha value is -1.21. The van der Waals surface area contributed by atoms with Gasteiger partial charge in [-0.2, -0.15) is 8.42 Å². The van der Waals surface area contributed by atoms with Crippen molar-refractivity contribution >= 4 is 10.1 Å². The second kappa shape index (κ2) is 5.62. The Bertz CT molecular complexity index is 469. The highest BCUT2D eigenvalue weighted by Gasteiger charge is 2.25. The molecule has 2 rings (SSSR count). The summed E-state index contributed by atoms with van der Waals surface area (Å²) in [6, 6.07) is 2.09. The minimum absolute atomic E-state index is 0.0341. The molecule has 1 aromatic rings. The molecule has 1 aliphatic rings. The molecule has 1 fully saturated rings. The van der Waals surface area contributed by atoms with Crippen molar-refractivity contribution in [2.45, 2.75) is 37.9 Å². The summed E-state index contributed by atoms with van der Waals surface area (Å²) < 4.78 is 32.6. The smallest absolute Gasteiger partial charge is 0.316 e. The predicted molar refractivity (Wildman–Crippen MR) is 64.6 cm³/mol. The lowest BCUT2D eigenvalue weighted by Crippen LogP contribution is -2.30. The number of rotatable bonds is 4. The second-order valence-corrected chi connectivity index (χ2v) is 5.95. The van der Waals surface area contributed by atoms with E-state index in [1.807, 2.05) is 0 Å². The van der Waals surface area contributed by atoms with Crippen molar-refractivity contribution in [1.29, 1.82) is 0 Å². The van der Waals surface area contributed by atoms with Gasteiger partial charge in [-0.1, -0.05) is 0 Å². The Morgan fingerprint density at radius 1 is 1.11 bits per heavy atom. The van der Waals surface area contributed by atoms with E-state index in [0.717, 1.165) is 19.1 Å². The molecule has 6 nitrogen and oxygen atoms in total. The van der Waals surface area contributed by atoms with Crippen LogP contribution in [-0.2, 0) is 14.3 Å². The van der Waals surface area contributed by atoms with Gasteiger partial charge in [0.15, 0.2) is 0 Å². The molecule has 0 radical (unpaired) electrons. The molecule has 0 bridgehead atoms. The molecule has 7 heteroatoms. The molecule has 0 unspecified atom stereocenters. The highest BCUT2D eigenvalue weighted by Crippen LogP contribution is 2.24. The Kier molecular flexibility index (Phi) is 4.13. The van der Waals surface area contributed by atoms with Crippen molar-refractivity contribution < 1.29 is 17.3 Å². The summed E-state index contributed by atoms with van der Waals surface area (Å²) in [7, 11) is -3.37. The highest BCUT2D eigenvalue weighted by molar-refractivity contribution is 7.86. The van der Waals surface area contributed by atoms with Crippen LogP contribution in [0.25, 0.3) is 0 Å². The zero-order valence-corrected chi connectivity index (χ0v) is 11.0. The summed E-state index contributed by atoms with van der Waals surface area (Å²) in [5.74, 6) is 0. The van der Waals surface area contributed by atoms with Gasteiger partial charge in [0.1, 0.15) is 6.10 Å². The molecule has 0 amide bonds. The third-order valence-corrected chi connectivity index (χ3v) is 3.37.